The molecule has 5 nitrogen and oxygen atoms in total. The third kappa shape index (κ3) is 3.44. The van der Waals surface area contributed by atoms with Gasteiger partial charge in [0.15, 0.2) is 5.76 Å². The molecule has 3 rings (SSSR count). The van der Waals surface area contributed by atoms with E-state index in [9.17, 15) is 9.59 Å². The standard InChI is InChI=1S/C15H14BrNO4/c16-11-3-1-2-10-6-12(21-14(10)11)15(19)17-7-13(18)20-8-9-4-5-9/h1-3,6,9H,4-5,7-8H2,(H,17,19). The quantitative estimate of drug-likeness (QED) is 0.841. The van der Waals surface area contributed by atoms with Gasteiger partial charge in [-0.1, -0.05) is 12.1 Å². The summed E-state index contributed by atoms with van der Waals surface area (Å²) in [6.45, 7) is 0.302. The molecule has 1 saturated carbocycles. The lowest BCUT2D eigenvalue weighted by molar-refractivity contribution is -0.142. The van der Waals surface area contributed by atoms with Gasteiger partial charge in [-0.05, 0) is 46.8 Å². The van der Waals surface area contributed by atoms with Crippen molar-refractivity contribution in [3.63, 3.8) is 0 Å². The van der Waals surface area contributed by atoms with E-state index >= 15 is 0 Å². The molecular formula is C15H14BrNO4. The number of amides is 1. The van der Waals surface area contributed by atoms with Gasteiger partial charge in [-0.2, -0.15) is 0 Å². The maximum absolute atomic E-state index is 12.0. The van der Waals surface area contributed by atoms with Crippen LogP contribution in [0.15, 0.2) is 33.2 Å². The molecule has 0 unspecified atom stereocenters. The van der Waals surface area contributed by atoms with E-state index in [1.807, 2.05) is 18.2 Å². The van der Waals surface area contributed by atoms with Crippen LogP contribution in [0.5, 0.6) is 0 Å². The predicted octanol–water partition coefficient (Wildman–Crippen LogP) is 2.88. The molecule has 6 heteroatoms. The van der Waals surface area contributed by atoms with Gasteiger partial charge in [0.05, 0.1) is 11.1 Å². The monoisotopic (exact) mass is 351 g/mol. The molecule has 1 fully saturated rings. The second-order valence-corrected chi connectivity index (χ2v) is 5.93. The van der Waals surface area contributed by atoms with Crippen LogP contribution in [0, 0.1) is 5.92 Å². The molecule has 0 spiro atoms. The van der Waals surface area contributed by atoms with E-state index in [2.05, 4.69) is 21.2 Å². The number of halogens is 1. The molecule has 1 aliphatic carbocycles. The number of carbonyl (C=O) groups excluding carboxylic acids is 2. The lowest BCUT2D eigenvalue weighted by Gasteiger charge is -2.04. The number of rotatable bonds is 5. The van der Waals surface area contributed by atoms with Gasteiger partial charge < -0.3 is 14.5 Å². The summed E-state index contributed by atoms with van der Waals surface area (Å²) in [5.74, 6) is -0.168. The van der Waals surface area contributed by atoms with E-state index in [4.69, 9.17) is 9.15 Å². The number of furan rings is 1. The zero-order valence-corrected chi connectivity index (χ0v) is 12.8. The van der Waals surface area contributed by atoms with Crippen LogP contribution in [0.1, 0.15) is 23.4 Å². The average molecular weight is 352 g/mol. The minimum absolute atomic E-state index is 0.149. The van der Waals surface area contributed by atoms with Gasteiger partial charge in [0.25, 0.3) is 5.91 Å². The Morgan fingerprint density at radius 2 is 2.19 bits per heavy atom. The van der Waals surface area contributed by atoms with E-state index in [0.717, 1.165) is 22.7 Å². The Bertz CT molecular complexity index is 690. The molecule has 1 aromatic carbocycles. The zero-order chi connectivity index (χ0) is 14.8. The Labute approximate surface area is 129 Å². The third-order valence-electron chi connectivity index (χ3n) is 3.29. The van der Waals surface area contributed by atoms with Crippen LogP contribution in [0.2, 0.25) is 0 Å². The minimum atomic E-state index is -0.429. The Balaban J connectivity index is 1.58. The number of hydrogen-bond donors (Lipinski definition) is 1. The van der Waals surface area contributed by atoms with Gasteiger partial charge in [-0.3, -0.25) is 9.59 Å². The Morgan fingerprint density at radius 1 is 1.38 bits per heavy atom. The second-order valence-electron chi connectivity index (χ2n) is 5.08. The molecule has 0 radical (unpaired) electrons. The first kappa shape index (κ1) is 14.1. The Hall–Kier alpha value is -1.82. The summed E-state index contributed by atoms with van der Waals surface area (Å²) in [5, 5.41) is 3.33. The highest BCUT2D eigenvalue weighted by Crippen LogP contribution is 2.29. The zero-order valence-electron chi connectivity index (χ0n) is 11.2. The number of benzene rings is 1. The lowest BCUT2D eigenvalue weighted by Crippen LogP contribution is -2.30. The summed E-state index contributed by atoms with van der Waals surface area (Å²) in [7, 11) is 0. The summed E-state index contributed by atoms with van der Waals surface area (Å²) in [4.78, 5) is 23.4. The van der Waals surface area contributed by atoms with Gasteiger partial charge in [0, 0.05) is 5.39 Å². The summed E-state index contributed by atoms with van der Waals surface area (Å²) in [5.41, 5.74) is 0.610. The Kier molecular flexibility index (Phi) is 3.96. The average Bonchev–Trinajstić information content (AvgIpc) is 3.19. The van der Waals surface area contributed by atoms with Gasteiger partial charge >= 0.3 is 5.97 Å². The molecule has 0 atom stereocenters. The third-order valence-corrected chi connectivity index (χ3v) is 3.91. The van der Waals surface area contributed by atoms with Crippen molar-refractivity contribution in [3.05, 3.63) is 34.5 Å². The smallest absolute Gasteiger partial charge is 0.325 e. The van der Waals surface area contributed by atoms with Crippen LogP contribution in [-0.2, 0) is 9.53 Å². The topological polar surface area (TPSA) is 68.5 Å². The van der Waals surface area contributed by atoms with Crippen molar-refractivity contribution < 1.29 is 18.7 Å². The second kappa shape index (κ2) is 5.89. The molecule has 2 aromatic rings. The molecule has 1 aliphatic rings. The van der Waals surface area contributed by atoms with Crippen molar-refractivity contribution in [2.75, 3.05) is 13.2 Å². The molecule has 110 valence electrons. The first-order chi connectivity index (χ1) is 10.1. The molecule has 1 amide bonds. The lowest BCUT2D eigenvalue weighted by atomic mass is 10.2. The minimum Gasteiger partial charge on any atom is -0.464 e. The molecule has 0 saturated heterocycles. The van der Waals surface area contributed by atoms with Crippen molar-refractivity contribution in [3.8, 4) is 0 Å². The largest absolute Gasteiger partial charge is 0.464 e. The molecule has 1 heterocycles. The fourth-order valence-corrected chi connectivity index (χ4v) is 2.39. The first-order valence-electron chi connectivity index (χ1n) is 6.75. The van der Waals surface area contributed by atoms with E-state index in [1.165, 1.54) is 0 Å². The fraction of sp³-hybridized carbons (Fsp3) is 0.333. The number of esters is 1. The Morgan fingerprint density at radius 3 is 2.90 bits per heavy atom. The van der Waals surface area contributed by atoms with E-state index in [-0.39, 0.29) is 12.3 Å². The molecule has 0 aliphatic heterocycles. The van der Waals surface area contributed by atoms with Gasteiger partial charge in [0.2, 0.25) is 0 Å². The van der Waals surface area contributed by atoms with Gasteiger partial charge in [0.1, 0.15) is 12.1 Å². The fourth-order valence-electron chi connectivity index (χ4n) is 1.93. The molecule has 21 heavy (non-hydrogen) atoms. The predicted molar refractivity (Wildman–Crippen MR) is 79.9 cm³/mol. The number of ether oxygens (including phenoxy) is 1. The van der Waals surface area contributed by atoms with Crippen LogP contribution in [0.4, 0.5) is 0 Å². The highest BCUT2D eigenvalue weighted by molar-refractivity contribution is 9.10. The summed E-state index contributed by atoms with van der Waals surface area (Å²) >= 11 is 3.36. The van der Waals surface area contributed by atoms with Crippen LogP contribution in [0.3, 0.4) is 0 Å². The maximum atomic E-state index is 12.0. The number of hydrogen-bond acceptors (Lipinski definition) is 4. The van der Waals surface area contributed by atoms with Crippen molar-refractivity contribution >= 4 is 38.8 Å². The van der Waals surface area contributed by atoms with E-state index < -0.39 is 11.9 Å². The number of fused-ring (bicyclic) bond motifs is 1. The van der Waals surface area contributed by atoms with Crippen molar-refractivity contribution in [2.24, 2.45) is 5.92 Å². The molecule has 1 N–H and O–H groups in total. The van der Waals surface area contributed by atoms with Crippen molar-refractivity contribution in [1.29, 1.82) is 0 Å². The molecular weight excluding hydrogens is 338 g/mol. The van der Waals surface area contributed by atoms with Gasteiger partial charge in [-0.25, -0.2) is 0 Å². The van der Waals surface area contributed by atoms with E-state index in [0.29, 0.717) is 18.1 Å². The highest BCUT2D eigenvalue weighted by atomic mass is 79.9. The van der Waals surface area contributed by atoms with Crippen molar-refractivity contribution in [2.45, 2.75) is 12.8 Å². The summed E-state index contributed by atoms with van der Waals surface area (Å²) in [6.07, 6.45) is 2.24. The van der Waals surface area contributed by atoms with Crippen molar-refractivity contribution in [1.82, 2.24) is 5.32 Å². The van der Waals surface area contributed by atoms with Crippen LogP contribution in [0.25, 0.3) is 11.0 Å². The van der Waals surface area contributed by atoms with Crippen LogP contribution < -0.4 is 5.32 Å². The number of nitrogens with one attached hydrogen (secondary N) is 1. The SMILES string of the molecule is O=C(CNC(=O)c1cc2cccc(Br)c2o1)OCC1CC1. The van der Waals surface area contributed by atoms with Crippen LogP contribution >= 0.6 is 15.9 Å². The summed E-state index contributed by atoms with van der Waals surface area (Å²) < 4.78 is 11.3. The molecule has 1 aromatic heterocycles. The number of carbonyl (C=O) groups is 2. The highest BCUT2D eigenvalue weighted by Gasteiger charge is 2.23. The number of para-hydroxylation sites is 1. The van der Waals surface area contributed by atoms with Crippen LogP contribution in [-0.4, -0.2) is 25.0 Å². The first-order valence-corrected chi connectivity index (χ1v) is 7.54. The maximum Gasteiger partial charge on any atom is 0.325 e. The molecule has 0 bridgehead atoms. The summed E-state index contributed by atoms with van der Waals surface area (Å²) in [6, 6.07) is 7.19. The van der Waals surface area contributed by atoms with E-state index in [1.54, 1.807) is 6.07 Å². The van der Waals surface area contributed by atoms with Gasteiger partial charge in [-0.15, -0.1) is 0 Å². The normalized spacial score (nSPS) is 14.1.